The Morgan fingerprint density at radius 3 is 2.40 bits per heavy atom. The normalized spacial score (nSPS) is 18.8. The Bertz CT molecular complexity index is 1040. The van der Waals surface area contributed by atoms with Gasteiger partial charge < -0.3 is 40.2 Å². The molecule has 2 aliphatic rings. The number of hydrogen-bond acceptors (Lipinski definition) is 10. The van der Waals surface area contributed by atoms with E-state index in [4.69, 9.17) is 24.5 Å². The van der Waals surface area contributed by atoms with E-state index < -0.39 is 0 Å². The first-order chi connectivity index (χ1) is 21.0. The maximum Gasteiger partial charge on any atom is 0.315 e. The van der Waals surface area contributed by atoms with Crippen LogP contribution in [0.2, 0.25) is 0 Å². The van der Waals surface area contributed by atoms with Gasteiger partial charge in [-0.2, -0.15) is 11.8 Å². The summed E-state index contributed by atoms with van der Waals surface area (Å²) in [5, 5.41) is 15.4. The van der Waals surface area contributed by atoms with Crippen LogP contribution < -0.4 is 21.3 Å². The topological polar surface area (TPSA) is 198 Å². The van der Waals surface area contributed by atoms with Crippen LogP contribution >= 0.6 is 11.8 Å². The molecule has 4 N–H and O–H groups in total. The van der Waals surface area contributed by atoms with Crippen LogP contribution in [0.5, 0.6) is 0 Å². The van der Waals surface area contributed by atoms with Crippen molar-refractivity contribution in [2.24, 2.45) is 5.11 Å². The highest BCUT2D eigenvalue weighted by Gasteiger charge is 2.42. The number of nitrogens with one attached hydrogen (secondary N) is 4. The van der Waals surface area contributed by atoms with Crippen molar-refractivity contribution in [1.82, 2.24) is 20.9 Å². The lowest BCUT2D eigenvalue weighted by Crippen LogP contribution is -2.36. The third-order valence-corrected chi connectivity index (χ3v) is 8.15. The number of pyridine rings is 1. The van der Waals surface area contributed by atoms with Crippen molar-refractivity contribution in [1.29, 1.82) is 0 Å². The summed E-state index contributed by atoms with van der Waals surface area (Å²) in [6.07, 6.45) is 5.01. The number of urea groups is 1. The molecule has 1 aromatic heterocycles. The molecule has 2 fully saturated rings. The predicted molar refractivity (Wildman–Crippen MR) is 161 cm³/mol. The molecule has 0 radical (unpaired) electrons. The van der Waals surface area contributed by atoms with Crippen molar-refractivity contribution < 1.29 is 33.3 Å². The van der Waals surface area contributed by atoms with E-state index in [2.05, 4.69) is 36.3 Å². The Balaban J connectivity index is 1.02. The van der Waals surface area contributed by atoms with E-state index >= 15 is 0 Å². The average molecular weight is 623 g/mol. The Labute approximate surface area is 255 Å². The average Bonchev–Trinajstić information content (AvgIpc) is 3.56. The summed E-state index contributed by atoms with van der Waals surface area (Å²) >= 11 is 1.89. The number of azide groups is 1. The van der Waals surface area contributed by atoms with Crippen molar-refractivity contribution in [3.63, 3.8) is 0 Å². The molecule has 2 aliphatic heterocycles. The Morgan fingerprint density at radius 2 is 1.70 bits per heavy atom. The van der Waals surface area contributed by atoms with Crippen LogP contribution in [-0.2, 0) is 35.1 Å². The summed E-state index contributed by atoms with van der Waals surface area (Å²) in [7, 11) is 0. The third kappa shape index (κ3) is 14.3. The number of fused-ring (bicyclic) bond motifs is 1. The van der Waals surface area contributed by atoms with Gasteiger partial charge in [0.2, 0.25) is 11.8 Å². The number of unbranched alkanes of at least 4 members (excludes halogenated alkanes) is 1. The summed E-state index contributed by atoms with van der Waals surface area (Å²) < 4.78 is 21.8. The molecule has 3 atom stereocenters. The summed E-state index contributed by atoms with van der Waals surface area (Å²) in [5.41, 5.74) is 9.50. The number of rotatable bonds is 23. The minimum atomic E-state index is -0.188. The second-order valence-corrected chi connectivity index (χ2v) is 11.2. The Kier molecular flexibility index (Phi) is 16.5. The molecule has 238 valence electrons. The molecule has 4 amide bonds. The van der Waals surface area contributed by atoms with Crippen molar-refractivity contribution >= 4 is 35.3 Å². The van der Waals surface area contributed by atoms with E-state index in [9.17, 15) is 14.4 Å². The van der Waals surface area contributed by atoms with Crippen molar-refractivity contribution in [3.8, 4) is 0 Å². The number of ether oxygens (including phenoxy) is 4. The van der Waals surface area contributed by atoms with Gasteiger partial charge in [-0.3, -0.25) is 14.6 Å². The van der Waals surface area contributed by atoms with Gasteiger partial charge in [-0.15, -0.1) is 0 Å². The lowest BCUT2D eigenvalue weighted by atomic mass is 10.0. The molecule has 0 bridgehead atoms. The van der Waals surface area contributed by atoms with Crippen molar-refractivity contribution in [2.75, 3.05) is 70.5 Å². The fourth-order valence-electron chi connectivity index (χ4n) is 4.47. The van der Waals surface area contributed by atoms with Crippen LogP contribution in [0, 0.1) is 0 Å². The summed E-state index contributed by atoms with van der Waals surface area (Å²) in [5.74, 6) is 0.793. The van der Waals surface area contributed by atoms with E-state index in [-0.39, 0.29) is 49.5 Å². The second kappa shape index (κ2) is 20.7. The molecule has 0 aliphatic carbocycles. The van der Waals surface area contributed by atoms with Crippen molar-refractivity contribution in [3.05, 3.63) is 34.5 Å². The monoisotopic (exact) mass is 622 g/mol. The van der Waals surface area contributed by atoms with Gasteiger partial charge in [0, 0.05) is 34.6 Å². The zero-order valence-electron chi connectivity index (χ0n) is 24.3. The number of nitrogens with zero attached hydrogens (tertiary/aromatic N) is 4. The van der Waals surface area contributed by atoms with Gasteiger partial charge >= 0.3 is 6.03 Å². The highest BCUT2D eigenvalue weighted by molar-refractivity contribution is 8.00. The molecule has 16 heteroatoms. The van der Waals surface area contributed by atoms with Crippen LogP contribution in [-0.4, -0.2) is 105 Å². The second-order valence-electron chi connectivity index (χ2n) is 9.89. The number of thioether (sulfide) groups is 1. The van der Waals surface area contributed by atoms with Crippen LogP contribution in [0.1, 0.15) is 37.8 Å². The largest absolute Gasteiger partial charge is 0.379 e. The van der Waals surface area contributed by atoms with Gasteiger partial charge in [-0.25, -0.2) is 4.79 Å². The number of carbonyl (C=O) groups excluding carboxylic acids is 3. The number of aromatic nitrogens is 1. The fraction of sp³-hybridized carbons (Fsp3) is 0.704. The standard InChI is InChI=1S/C27H42N8O7S/c28-35-31-18-20-5-6-21(17-30-20)32-25(37)7-9-39-11-13-41-15-16-42-14-12-40-10-8-29-24(36)4-2-1-3-23-26-22(19-43-23)33-27(38)34-26/h5-6,17,22-23,26H,1-4,7-16,18-19H2,(H,29,36)(H,32,37)(H2,33,34,38)/t22-,23-,26-/m0/s1. The minimum absolute atomic E-state index is 0.0288. The quantitative estimate of drug-likeness (QED) is 0.0464. The first kappa shape index (κ1) is 34.4. The smallest absolute Gasteiger partial charge is 0.315 e. The predicted octanol–water partition coefficient (Wildman–Crippen LogP) is 2.13. The molecule has 15 nitrogen and oxygen atoms in total. The van der Waals surface area contributed by atoms with Gasteiger partial charge in [0.05, 0.1) is 89.8 Å². The first-order valence-corrected chi connectivity index (χ1v) is 15.6. The zero-order chi connectivity index (χ0) is 30.5. The molecular weight excluding hydrogens is 580 g/mol. The first-order valence-electron chi connectivity index (χ1n) is 14.6. The van der Waals surface area contributed by atoms with Gasteiger partial charge in [0.25, 0.3) is 0 Å². The number of carbonyl (C=O) groups is 3. The molecule has 0 spiro atoms. The minimum Gasteiger partial charge on any atom is -0.379 e. The molecule has 43 heavy (non-hydrogen) atoms. The fourth-order valence-corrected chi connectivity index (χ4v) is 6.01. The maximum absolute atomic E-state index is 12.0. The van der Waals surface area contributed by atoms with E-state index in [1.807, 2.05) is 11.8 Å². The highest BCUT2D eigenvalue weighted by atomic mass is 32.2. The summed E-state index contributed by atoms with van der Waals surface area (Å²) in [6.45, 7) is 3.82. The highest BCUT2D eigenvalue weighted by Crippen LogP contribution is 2.33. The number of amides is 4. The summed E-state index contributed by atoms with van der Waals surface area (Å²) in [6, 6.07) is 3.77. The van der Waals surface area contributed by atoms with E-state index in [0.717, 1.165) is 25.0 Å². The Hall–Kier alpha value is -3.14. The Morgan fingerprint density at radius 1 is 0.977 bits per heavy atom. The van der Waals surface area contributed by atoms with Gasteiger partial charge in [-0.1, -0.05) is 11.5 Å². The van der Waals surface area contributed by atoms with E-state index in [0.29, 0.717) is 75.8 Å². The molecule has 3 heterocycles. The third-order valence-electron chi connectivity index (χ3n) is 6.64. The van der Waals surface area contributed by atoms with Crippen LogP contribution in [0.4, 0.5) is 10.5 Å². The maximum atomic E-state index is 12.0. The molecule has 0 aromatic carbocycles. The molecular formula is C27H42N8O7S. The van der Waals surface area contributed by atoms with E-state index in [1.54, 1.807) is 12.1 Å². The van der Waals surface area contributed by atoms with Gasteiger partial charge in [-0.05, 0) is 30.5 Å². The van der Waals surface area contributed by atoms with Crippen LogP contribution in [0.15, 0.2) is 23.4 Å². The van der Waals surface area contributed by atoms with Crippen LogP contribution in [0.3, 0.4) is 0 Å². The van der Waals surface area contributed by atoms with Crippen molar-refractivity contribution in [2.45, 2.75) is 56.0 Å². The molecule has 1 aromatic rings. The lowest BCUT2D eigenvalue weighted by molar-refractivity contribution is -0.121. The van der Waals surface area contributed by atoms with Gasteiger partial charge in [0.15, 0.2) is 0 Å². The van der Waals surface area contributed by atoms with Gasteiger partial charge in [0.1, 0.15) is 0 Å². The number of anilines is 1. The lowest BCUT2D eigenvalue weighted by Gasteiger charge is -2.16. The molecule has 0 unspecified atom stereocenters. The zero-order valence-corrected chi connectivity index (χ0v) is 25.1. The molecule has 3 rings (SSSR count). The SMILES string of the molecule is [N-]=[N+]=NCc1ccc(NC(=O)CCOCCOCCOCCOCCNC(=O)CCCC[C@@H]2SC[C@@H]3NC(=O)N[C@@H]32)cn1. The van der Waals surface area contributed by atoms with Crippen LogP contribution in [0.25, 0.3) is 10.4 Å². The number of hydrogen-bond donors (Lipinski definition) is 4. The molecule has 2 saturated heterocycles. The summed E-state index contributed by atoms with van der Waals surface area (Å²) in [4.78, 5) is 42.2. The van der Waals surface area contributed by atoms with E-state index in [1.165, 1.54) is 6.20 Å². The molecule has 0 saturated carbocycles.